The average Bonchev–Trinajstić information content (AvgIpc) is 3.11. The van der Waals surface area contributed by atoms with Crippen LogP contribution in [0.3, 0.4) is 0 Å². The fourth-order valence-electron chi connectivity index (χ4n) is 2.80. The maximum atomic E-state index is 12.3. The molecule has 0 fully saturated rings. The molecule has 0 saturated heterocycles. The Balaban J connectivity index is 1.60. The van der Waals surface area contributed by atoms with Gasteiger partial charge in [0.05, 0.1) is 16.0 Å². The van der Waals surface area contributed by atoms with Gasteiger partial charge in [-0.15, -0.1) is 11.3 Å². The van der Waals surface area contributed by atoms with E-state index in [0.29, 0.717) is 10.7 Å². The highest BCUT2D eigenvalue weighted by Gasteiger charge is 2.15. The Morgan fingerprint density at radius 2 is 1.76 bits per heavy atom. The first kappa shape index (κ1) is 21.6. The van der Waals surface area contributed by atoms with Crippen molar-refractivity contribution in [3.8, 4) is 0 Å². The second kappa shape index (κ2) is 10.1. The Kier molecular flexibility index (Phi) is 7.52. The van der Waals surface area contributed by atoms with E-state index >= 15 is 0 Å². The summed E-state index contributed by atoms with van der Waals surface area (Å²) in [5, 5.41) is 6.45. The molecule has 2 N–H and O–H groups in total. The van der Waals surface area contributed by atoms with Gasteiger partial charge in [-0.25, -0.2) is 4.98 Å². The summed E-state index contributed by atoms with van der Waals surface area (Å²) in [6.45, 7) is 4.04. The van der Waals surface area contributed by atoms with E-state index in [0.717, 1.165) is 33.1 Å². The van der Waals surface area contributed by atoms with Gasteiger partial charge in [-0.2, -0.15) is 0 Å². The van der Waals surface area contributed by atoms with E-state index in [1.807, 2.05) is 32.0 Å². The van der Waals surface area contributed by atoms with Crippen molar-refractivity contribution in [2.75, 3.05) is 16.4 Å². The van der Waals surface area contributed by atoms with Crippen molar-refractivity contribution in [1.29, 1.82) is 0 Å². The van der Waals surface area contributed by atoms with Gasteiger partial charge in [0.1, 0.15) is 0 Å². The van der Waals surface area contributed by atoms with Crippen molar-refractivity contribution in [2.24, 2.45) is 5.92 Å². The average molecular weight is 448 g/mol. The van der Waals surface area contributed by atoms with Gasteiger partial charge in [-0.1, -0.05) is 37.2 Å². The first-order valence-corrected chi connectivity index (χ1v) is 11.6. The second-order valence-corrected chi connectivity index (χ2v) is 9.20. The van der Waals surface area contributed by atoms with Crippen LogP contribution in [0, 0.1) is 5.92 Å². The highest BCUT2D eigenvalue weighted by molar-refractivity contribution is 8.01. The molecule has 0 saturated carbocycles. The summed E-state index contributed by atoms with van der Waals surface area (Å²) in [5.74, 6) is 0.236. The number of benzene rings is 2. The van der Waals surface area contributed by atoms with Gasteiger partial charge in [0.2, 0.25) is 11.8 Å². The van der Waals surface area contributed by atoms with E-state index in [1.165, 1.54) is 23.1 Å². The number of nitrogens with one attached hydrogen (secondary N) is 2. The van der Waals surface area contributed by atoms with Crippen LogP contribution in [0.4, 0.5) is 11.4 Å². The number of thiazole rings is 1. The summed E-state index contributed by atoms with van der Waals surface area (Å²) in [6, 6.07) is 12.7. The lowest BCUT2D eigenvalue weighted by Gasteiger charge is -2.12. The van der Waals surface area contributed by atoms with Crippen LogP contribution in [0.25, 0.3) is 10.2 Å². The van der Waals surface area contributed by atoms with Gasteiger partial charge in [-0.05, 0) is 55.3 Å². The van der Waals surface area contributed by atoms with Crippen molar-refractivity contribution in [2.45, 2.75) is 31.0 Å². The van der Waals surface area contributed by atoms with Crippen LogP contribution in [-0.4, -0.2) is 22.6 Å². The third-order valence-electron chi connectivity index (χ3n) is 4.45. The number of rotatable bonds is 8. The minimum Gasteiger partial charge on any atom is -0.326 e. The van der Waals surface area contributed by atoms with E-state index < -0.39 is 0 Å². The molecule has 5 nitrogen and oxygen atoms in total. The number of thioether (sulfide) groups is 1. The largest absolute Gasteiger partial charge is 0.326 e. The maximum absolute atomic E-state index is 12.3. The molecule has 0 bridgehead atoms. The second-order valence-electron chi connectivity index (χ2n) is 6.51. The number of nitrogens with zero attached hydrogens (tertiary/aromatic N) is 1. The van der Waals surface area contributed by atoms with Gasteiger partial charge < -0.3 is 10.6 Å². The molecule has 0 spiro atoms. The molecule has 152 valence electrons. The van der Waals surface area contributed by atoms with Gasteiger partial charge >= 0.3 is 0 Å². The van der Waals surface area contributed by atoms with Crippen LogP contribution in [0.1, 0.15) is 26.7 Å². The topological polar surface area (TPSA) is 71.1 Å². The molecule has 0 aliphatic rings. The van der Waals surface area contributed by atoms with E-state index in [9.17, 15) is 9.59 Å². The number of halogens is 1. The highest BCUT2D eigenvalue weighted by Crippen LogP contribution is 2.31. The molecule has 2 aromatic carbocycles. The number of fused-ring (bicyclic) bond motifs is 1. The predicted octanol–water partition coefficient (Wildman–Crippen LogP) is 6.06. The zero-order valence-corrected chi connectivity index (χ0v) is 18.6. The van der Waals surface area contributed by atoms with E-state index in [2.05, 4.69) is 15.6 Å². The van der Waals surface area contributed by atoms with Crippen LogP contribution in [0.15, 0.2) is 46.8 Å². The Morgan fingerprint density at radius 3 is 2.45 bits per heavy atom. The van der Waals surface area contributed by atoms with E-state index in [4.69, 9.17) is 11.6 Å². The van der Waals surface area contributed by atoms with Crippen molar-refractivity contribution >= 4 is 68.1 Å². The molecular weight excluding hydrogens is 426 g/mol. The summed E-state index contributed by atoms with van der Waals surface area (Å²) in [4.78, 5) is 29.0. The normalized spacial score (nSPS) is 11.0. The molecule has 0 radical (unpaired) electrons. The number of anilines is 2. The minimum absolute atomic E-state index is 0.0254. The summed E-state index contributed by atoms with van der Waals surface area (Å²) in [5.41, 5.74) is 2.34. The molecule has 3 aromatic rings. The number of carbonyl (C=O) groups excluding carboxylic acids is 2. The third-order valence-corrected chi connectivity index (χ3v) is 6.86. The molecule has 0 aliphatic heterocycles. The van der Waals surface area contributed by atoms with Gasteiger partial charge in [-0.3, -0.25) is 9.59 Å². The first-order valence-electron chi connectivity index (χ1n) is 9.38. The first-order chi connectivity index (χ1) is 14.0. The predicted molar refractivity (Wildman–Crippen MR) is 123 cm³/mol. The van der Waals surface area contributed by atoms with Crippen LogP contribution in [-0.2, 0) is 9.59 Å². The van der Waals surface area contributed by atoms with Crippen LogP contribution in [0.2, 0.25) is 5.02 Å². The van der Waals surface area contributed by atoms with Crippen molar-refractivity contribution in [1.82, 2.24) is 4.98 Å². The fourth-order valence-corrected chi connectivity index (χ4v) is 4.84. The molecule has 1 heterocycles. The van der Waals surface area contributed by atoms with Crippen LogP contribution in [0.5, 0.6) is 0 Å². The third kappa shape index (κ3) is 5.95. The number of hydrogen-bond donors (Lipinski definition) is 2. The standard InChI is InChI=1S/C21H22ClN3O2S2/c1-3-13(4-2)20(27)24-16-9-10-17-18(11-16)29-21(25-17)28-12-19(26)23-15-7-5-14(22)6-8-15/h5-11,13H,3-4,12H2,1-2H3,(H,23,26)(H,24,27). The Morgan fingerprint density at radius 1 is 1.07 bits per heavy atom. The van der Waals surface area contributed by atoms with E-state index in [1.54, 1.807) is 24.3 Å². The zero-order chi connectivity index (χ0) is 20.8. The Bertz CT molecular complexity index is 1000. The molecule has 0 unspecified atom stereocenters. The summed E-state index contributed by atoms with van der Waals surface area (Å²) in [7, 11) is 0. The quantitative estimate of drug-likeness (QED) is 0.412. The summed E-state index contributed by atoms with van der Waals surface area (Å²) in [6.07, 6.45) is 1.65. The number of hydrogen-bond acceptors (Lipinski definition) is 5. The molecule has 3 rings (SSSR count). The maximum Gasteiger partial charge on any atom is 0.234 e. The van der Waals surface area contributed by atoms with Gasteiger partial charge in [0.25, 0.3) is 0 Å². The summed E-state index contributed by atoms with van der Waals surface area (Å²) < 4.78 is 1.79. The number of carbonyl (C=O) groups is 2. The Labute approximate surface area is 183 Å². The lowest BCUT2D eigenvalue weighted by Crippen LogP contribution is -2.21. The highest BCUT2D eigenvalue weighted by atomic mass is 35.5. The Hall–Kier alpha value is -2.09. The molecule has 0 aliphatic carbocycles. The molecule has 8 heteroatoms. The molecule has 2 amide bonds. The lowest BCUT2D eigenvalue weighted by atomic mass is 10.0. The zero-order valence-electron chi connectivity index (χ0n) is 16.2. The molecule has 0 atom stereocenters. The SMILES string of the molecule is CCC(CC)C(=O)Nc1ccc2nc(SCC(=O)Nc3ccc(Cl)cc3)sc2c1. The number of amides is 2. The fraction of sp³-hybridized carbons (Fsp3) is 0.286. The molecule has 1 aromatic heterocycles. The van der Waals surface area contributed by atoms with E-state index in [-0.39, 0.29) is 23.5 Å². The van der Waals surface area contributed by atoms with Crippen molar-refractivity contribution < 1.29 is 9.59 Å². The minimum atomic E-state index is -0.102. The monoisotopic (exact) mass is 447 g/mol. The molecule has 29 heavy (non-hydrogen) atoms. The summed E-state index contributed by atoms with van der Waals surface area (Å²) >= 11 is 8.75. The van der Waals surface area contributed by atoms with Crippen LogP contribution < -0.4 is 10.6 Å². The number of aromatic nitrogens is 1. The van der Waals surface area contributed by atoms with Crippen molar-refractivity contribution in [3.63, 3.8) is 0 Å². The van der Waals surface area contributed by atoms with Crippen molar-refractivity contribution in [3.05, 3.63) is 47.5 Å². The lowest BCUT2D eigenvalue weighted by molar-refractivity contribution is -0.120. The van der Waals surface area contributed by atoms with Gasteiger partial charge in [0, 0.05) is 22.3 Å². The molecular formula is C21H22ClN3O2S2. The van der Waals surface area contributed by atoms with Crippen LogP contribution >= 0.6 is 34.7 Å². The smallest absolute Gasteiger partial charge is 0.234 e. The van der Waals surface area contributed by atoms with Gasteiger partial charge in [0.15, 0.2) is 4.34 Å².